The van der Waals surface area contributed by atoms with E-state index in [1.165, 1.54) is 48.5 Å². The molecule has 13 nitrogen and oxygen atoms in total. The Hall–Kier alpha value is -6.19. The molecule has 0 aliphatic carbocycles. The number of rotatable bonds is 5. The van der Waals surface area contributed by atoms with E-state index in [1.807, 2.05) is 24.3 Å². The molecule has 5 heterocycles. The Morgan fingerprint density at radius 2 is 0.914 bits per heavy atom. The molecule has 0 amide bonds. The number of fused-ring (bicyclic) bond motifs is 20. The standard InChI is InChI=1S/C42H30N4O9S3/c1-2-3-4-5-6-23-7-11-27-31(15-23)39-19-36-28-12-8-24(56(47,48)49)16-32(28)41(44-36)21-38-30-14-10-26(58(53,54)55)18-34(30)42(46-38)22-37-29-13-9-25(57(50,51)52)17-33(29)40(45-37)20-35(27)43-39/h7-22,43,46H,2-4H2,1H3,(H,47,48,49)(H,50,51,52)(H,53,54,55). The molecule has 290 valence electrons. The first kappa shape index (κ1) is 37.4. The van der Waals surface area contributed by atoms with Gasteiger partial charge in [-0.05, 0) is 79.2 Å². The van der Waals surface area contributed by atoms with Crippen LogP contribution in [0.4, 0.5) is 0 Å². The molecule has 4 aromatic carbocycles. The van der Waals surface area contributed by atoms with Crippen molar-refractivity contribution in [2.75, 3.05) is 0 Å². The van der Waals surface area contributed by atoms with Gasteiger partial charge in [-0.25, -0.2) is 9.97 Å². The van der Waals surface area contributed by atoms with Gasteiger partial charge in [0.05, 0.1) is 37.5 Å². The van der Waals surface area contributed by atoms with Crippen LogP contribution < -0.4 is 0 Å². The largest absolute Gasteiger partial charge is 0.354 e. The van der Waals surface area contributed by atoms with Gasteiger partial charge in [-0.3, -0.25) is 13.7 Å². The number of aromatic amines is 2. The minimum atomic E-state index is -4.63. The highest BCUT2D eigenvalue weighted by Crippen LogP contribution is 2.42. The van der Waals surface area contributed by atoms with Crippen molar-refractivity contribution in [1.82, 2.24) is 19.9 Å². The number of H-pyrrole nitrogens is 2. The van der Waals surface area contributed by atoms with Crippen LogP contribution in [0, 0.1) is 11.8 Å². The molecule has 0 fully saturated rings. The minimum absolute atomic E-state index is 0.328. The number of nitrogens with zero attached hydrogens (tertiary/aromatic N) is 2. The molecular weight excluding hydrogens is 801 g/mol. The average molecular weight is 831 g/mol. The Morgan fingerprint density at radius 3 is 1.40 bits per heavy atom. The lowest BCUT2D eigenvalue weighted by atomic mass is 10.0. The summed E-state index contributed by atoms with van der Waals surface area (Å²) < 4.78 is 104. The third kappa shape index (κ3) is 6.63. The third-order valence-electron chi connectivity index (χ3n) is 10.2. The van der Waals surface area contributed by atoms with Crippen molar-refractivity contribution in [2.45, 2.75) is 40.9 Å². The first-order chi connectivity index (χ1) is 27.5. The maximum absolute atomic E-state index is 12.3. The summed E-state index contributed by atoms with van der Waals surface area (Å²) in [6, 6.07) is 25.0. The first-order valence-electron chi connectivity index (χ1n) is 17.9. The molecule has 8 bridgehead atoms. The summed E-state index contributed by atoms with van der Waals surface area (Å²) >= 11 is 0. The van der Waals surface area contributed by atoms with Crippen LogP contribution >= 0.6 is 0 Å². The second-order valence-corrected chi connectivity index (χ2v) is 18.2. The number of hydrogen-bond donors (Lipinski definition) is 5. The van der Waals surface area contributed by atoms with Gasteiger partial charge < -0.3 is 9.97 Å². The molecule has 9 rings (SSSR count). The van der Waals surface area contributed by atoms with Crippen molar-refractivity contribution < 1.29 is 38.9 Å². The van der Waals surface area contributed by atoms with Gasteiger partial charge in [-0.2, -0.15) is 25.3 Å². The van der Waals surface area contributed by atoms with Crippen molar-refractivity contribution in [1.29, 1.82) is 0 Å². The van der Waals surface area contributed by atoms with Crippen LogP contribution in [0.2, 0.25) is 0 Å². The molecule has 0 saturated carbocycles. The highest BCUT2D eigenvalue weighted by molar-refractivity contribution is 7.86. The molecule has 2 aliphatic heterocycles. The van der Waals surface area contributed by atoms with E-state index in [4.69, 9.17) is 9.97 Å². The molecule has 3 aromatic heterocycles. The number of hydrogen-bond acceptors (Lipinski definition) is 8. The van der Waals surface area contributed by atoms with Gasteiger partial charge in [0.2, 0.25) is 0 Å². The number of nitrogens with one attached hydrogen (secondary N) is 2. The number of benzene rings is 4. The van der Waals surface area contributed by atoms with Crippen LogP contribution in [-0.4, -0.2) is 58.8 Å². The molecule has 0 saturated heterocycles. The van der Waals surface area contributed by atoms with Crippen LogP contribution in [0.25, 0.3) is 88.6 Å². The fourth-order valence-corrected chi connectivity index (χ4v) is 8.91. The van der Waals surface area contributed by atoms with E-state index in [1.54, 1.807) is 24.3 Å². The van der Waals surface area contributed by atoms with Crippen LogP contribution in [0.1, 0.15) is 31.7 Å². The van der Waals surface area contributed by atoms with Gasteiger partial charge in [-0.15, -0.1) is 0 Å². The third-order valence-corrected chi connectivity index (χ3v) is 12.7. The molecule has 2 aliphatic rings. The van der Waals surface area contributed by atoms with Crippen molar-refractivity contribution in [3.63, 3.8) is 0 Å². The van der Waals surface area contributed by atoms with Crippen molar-refractivity contribution in [2.24, 2.45) is 0 Å². The average Bonchev–Trinajstić information content (AvgIpc) is 3.90. The van der Waals surface area contributed by atoms with E-state index < -0.39 is 30.4 Å². The van der Waals surface area contributed by atoms with E-state index in [9.17, 15) is 38.9 Å². The van der Waals surface area contributed by atoms with Crippen LogP contribution in [-0.2, 0) is 30.4 Å². The molecule has 0 atom stereocenters. The molecule has 0 unspecified atom stereocenters. The highest BCUT2D eigenvalue weighted by Gasteiger charge is 2.24. The summed E-state index contributed by atoms with van der Waals surface area (Å²) in [4.78, 5) is 15.6. The molecular formula is C42H30N4O9S3. The molecule has 0 radical (unpaired) electrons. The van der Waals surface area contributed by atoms with Crippen molar-refractivity contribution in [3.8, 4) is 56.9 Å². The zero-order chi connectivity index (χ0) is 40.7. The zero-order valence-electron chi connectivity index (χ0n) is 30.3. The van der Waals surface area contributed by atoms with Gasteiger partial charge in [0.25, 0.3) is 30.4 Å². The predicted molar refractivity (Wildman–Crippen MR) is 221 cm³/mol. The number of unbranched alkanes of at least 4 members (excludes halogenated alkanes) is 2. The second-order valence-electron chi connectivity index (χ2n) is 14.0. The second kappa shape index (κ2) is 13.5. The summed E-state index contributed by atoms with van der Waals surface area (Å²) in [5, 5.41) is 2.44. The van der Waals surface area contributed by atoms with Crippen molar-refractivity contribution in [3.05, 3.63) is 103 Å². The topological polar surface area (TPSA) is 220 Å². The highest BCUT2D eigenvalue weighted by atomic mass is 32.2. The summed E-state index contributed by atoms with van der Waals surface area (Å²) in [6.45, 7) is 2.10. The van der Waals surface area contributed by atoms with Crippen LogP contribution in [0.5, 0.6) is 0 Å². The fraction of sp³-hybridized carbons (Fsp3) is 0.0952. The Bertz CT molecular complexity index is 3510. The molecule has 7 aromatic rings. The van der Waals surface area contributed by atoms with E-state index >= 15 is 0 Å². The molecule has 5 N–H and O–H groups in total. The predicted octanol–water partition coefficient (Wildman–Crippen LogP) is 8.57. The SMILES string of the molecule is CCCCC#Cc1ccc2c3cc4nc(cc5[nH]c(cc6nc(cc([nH]3)c2c1)-c1ccc(S(=O)(=O)O)cc1-6)c1ccc(S(=O)(=O)O)cc51)-c1ccc(S(=O)(=O)O)cc1-4. The summed E-state index contributed by atoms with van der Waals surface area (Å²) in [6.07, 6.45) is 2.73. The lowest BCUT2D eigenvalue weighted by molar-refractivity contribution is 0.481. The summed E-state index contributed by atoms with van der Waals surface area (Å²) in [5.41, 5.74) is 6.20. The van der Waals surface area contributed by atoms with Gasteiger partial charge in [0.1, 0.15) is 0 Å². The van der Waals surface area contributed by atoms with Gasteiger partial charge in [-0.1, -0.05) is 49.5 Å². The smallest absolute Gasteiger partial charge is 0.294 e. The lowest BCUT2D eigenvalue weighted by Gasteiger charge is -2.03. The lowest BCUT2D eigenvalue weighted by Crippen LogP contribution is -1.98. The Morgan fingerprint density at radius 1 is 0.500 bits per heavy atom. The monoisotopic (exact) mass is 830 g/mol. The summed E-state index contributed by atoms with van der Waals surface area (Å²) in [7, 11) is -13.8. The summed E-state index contributed by atoms with van der Waals surface area (Å²) in [5.74, 6) is 6.47. The van der Waals surface area contributed by atoms with Gasteiger partial charge in [0.15, 0.2) is 0 Å². The zero-order valence-corrected chi connectivity index (χ0v) is 32.7. The van der Waals surface area contributed by atoms with E-state index in [2.05, 4.69) is 28.7 Å². The Balaban J connectivity index is 1.45. The van der Waals surface area contributed by atoms with Gasteiger partial charge >= 0.3 is 0 Å². The maximum Gasteiger partial charge on any atom is 0.294 e. The molecule has 16 heteroatoms. The number of aromatic nitrogens is 4. The van der Waals surface area contributed by atoms with Crippen molar-refractivity contribution >= 4 is 74.0 Å². The van der Waals surface area contributed by atoms with Crippen LogP contribution in [0.15, 0.2) is 112 Å². The van der Waals surface area contributed by atoms with E-state index in [0.29, 0.717) is 77.9 Å². The molecule has 0 spiro atoms. The quantitative estimate of drug-likeness (QED) is 0.0628. The van der Waals surface area contributed by atoms with E-state index in [0.717, 1.165) is 35.6 Å². The molecule has 58 heavy (non-hydrogen) atoms. The van der Waals surface area contributed by atoms with E-state index in [-0.39, 0.29) is 14.7 Å². The maximum atomic E-state index is 12.3. The van der Waals surface area contributed by atoms with Gasteiger partial charge in [0, 0.05) is 77.8 Å². The fourth-order valence-electron chi connectivity index (χ4n) is 7.39. The Labute approximate surface area is 331 Å². The first-order valence-corrected chi connectivity index (χ1v) is 22.2. The Kier molecular flexibility index (Phi) is 8.67. The minimum Gasteiger partial charge on any atom is -0.354 e. The van der Waals surface area contributed by atoms with Crippen LogP contribution in [0.3, 0.4) is 0 Å². The normalized spacial score (nSPS) is 12.6.